The average Bonchev–Trinajstić information content (AvgIpc) is 2.92. The molecule has 2 aliphatic rings. The number of fused-ring (bicyclic) bond motifs is 1. The van der Waals surface area contributed by atoms with Gasteiger partial charge in [0, 0.05) is 12.6 Å². The van der Waals surface area contributed by atoms with Gasteiger partial charge in [-0.1, -0.05) is 29.8 Å². The van der Waals surface area contributed by atoms with Crippen molar-refractivity contribution in [2.24, 2.45) is 11.8 Å². The number of rotatable bonds is 3. The van der Waals surface area contributed by atoms with Crippen molar-refractivity contribution in [2.45, 2.75) is 32.4 Å². The summed E-state index contributed by atoms with van der Waals surface area (Å²) in [5.41, 5.74) is 2.79. The molecule has 1 saturated heterocycles. The molecular formula is C16H24N2. The highest BCUT2D eigenvalue weighted by Gasteiger charge is 2.38. The van der Waals surface area contributed by atoms with Crippen molar-refractivity contribution in [3.63, 3.8) is 0 Å². The molecule has 0 aromatic heterocycles. The van der Waals surface area contributed by atoms with Crippen LogP contribution >= 0.6 is 0 Å². The van der Waals surface area contributed by atoms with Crippen molar-refractivity contribution in [3.8, 4) is 0 Å². The molecule has 18 heavy (non-hydrogen) atoms. The topological polar surface area (TPSA) is 15.3 Å². The zero-order valence-electron chi connectivity index (χ0n) is 11.5. The van der Waals surface area contributed by atoms with Gasteiger partial charge in [-0.15, -0.1) is 0 Å². The molecule has 3 rings (SSSR count). The molecule has 98 valence electrons. The van der Waals surface area contributed by atoms with Crippen LogP contribution in [0.1, 0.15) is 24.0 Å². The van der Waals surface area contributed by atoms with E-state index >= 15 is 0 Å². The summed E-state index contributed by atoms with van der Waals surface area (Å²) in [5, 5.41) is 3.52. The first-order valence-electron chi connectivity index (χ1n) is 7.19. The van der Waals surface area contributed by atoms with Gasteiger partial charge in [-0.25, -0.2) is 0 Å². The van der Waals surface area contributed by atoms with Crippen LogP contribution in [0.2, 0.25) is 0 Å². The van der Waals surface area contributed by atoms with Gasteiger partial charge in [0.15, 0.2) is 0 Å². The Kier molecular flexibility index (Phi) is 3.40. The number of benzene rings is 1. The zero-order chi connectivity index (χ0) is 12.5. The maximum atomic E-state index is 3.52. The normalized spacial score (nSPS) is 30.9. The highest BCUT2D eigenvalue weighted by atomic mass is 15.1. The Balaban J connectivity index is 1.58. The fraction of sp³-hybridized carbons (Fsp3) is 0.625. The standard InChI is InChI=1S/C16H24N2/c1-12-3-5-13(6-4-12)11-18(2)16-7-14-9-17-10-15(14)8-16/h3-6,14-17H,7-11H2,1-2H3/t14-,15+,16?. The average molecular weight is 244 g/mol. The molecule has 0 bridgehead atoms. The molecule has 1 N–H and O–H groups in total. The largest absolute Gasteiger partial charge is 0.316 e. The van der Waals surface area contributed by atoms with Crippen LogP contribution < -0.4 is 5.32 Å². The summed E-state index contributed by atoms with van der Waals surface area (Å²) in [7, 11) is 2.29. The van der Waals surface area contributed by atoms with Crippen molar-refractivity contribution in [1.82, 2.24) is 10.2 Å². The molecule has 2 nitrogen and oxygen atoms in total. The molecule has 0 spiro atoms. The minimum absolute atomic E-state index is 0.795. The molecule has 1 unspecified atom stereocenters. The third-order valence-corrected chi connectivity index (χ3v) is 4.81. The molecule has 1 aromatic carbocycles. The molecule has 2 heteroatoms. The zero-order valence-corrected chi connectivity index (χ0v) is 11.5. The minimum Gasteiger partial charge on any atom is -0.316 e. The lowest BCUT2D eigenvalue weighted by atomic mass is 10.0. The number of aryl methyl sites for hydroxylation is 1. The quantitative estimate of drug-likeness (QED) is 0.878. The van der Waals surface area contributed by atoms with Crippen LogP contribution in [0.3, 0.4) is 0 Å². The number of hydrogen-bond acceptors (Lipinski definition) is 2. The molecule has 0 radical (unpaired) electrons. The van der Waals surface area contributed by atoms with Gasteiger partial charge >= 0.3 is 0 Å². The SMILES string of the molecule is Cc1ccc(CN(C)C2C[C@H]3CNC[C@H]3C2)cc1. The Hall–Kier alpha value is -0.860. The molecule has 3 atom stereocenters. The monoisotopic (exact) mass is 244 g/mol. The van der Waals surface area contributed by atoms with Crippen LogP contribution in [0.5, 0.6) is 0 Å². The third kappa shape index (κ3) is 2.45. The third-order valence-electron chi connectivity index (χ3n) is 4.81. The van der Waals surface area contributed by atoms with Gasteiger partial charge in [0.05, 0.1) is 0 Å². The van der Waals surface area contributed by atoms with E-state index in [1.807, 2.05) is 0 Å². The lowest BCUT2D eigenvalue weighted by Gasteiger charge is -2.25. The Labute approximate surface area is 110 Å². The summed E-state index contributed by atoms with van der Waals surface area (Å²) in [5.74, 6) is 1.88. The van der Waals surface area contributed by atoms with E-state index < -0.39 is 0 Å². The van der Waals surface area contributed by atoms with E-state index in [9.17, 15) is 0 Å². The van der Waals surface area contributed by atoms with Gasteiger partial charge in [-0.2, -0.15) is 0 Å². The Bertz CT molecular complexity index is 386. The van der Waals surface area contributed by atoms with Crippen molar-refractivity contribution in [2.75, 3.05) is 20.1 Å². The summed E-state index contributed by atoms with van der Waals surface area (Å²) >= 11 is 0. The summed E-state index contributed by atoms with van der Waals surface area (Å²) in [6.07, 6.45) is 2.78. The molecular weight excluding hydrogens is 220 g/mol. The first-order valence-corrected chi connectivity index (χ1v) is 7.19. The predicted molar refractivity (Wildman–Crippen MR) is 75.5 cm³/mol. The summed E-state index contributed by atoms with van der Waals surface area (Å²) in [4.78, 5) is 2.56. The molecule has 1 saturated carbocycles. The van der Waals surface area contributed by atoms with Gasteiger partial charge < -0.3 is 5.32 Å². The van der Waals surface area contributed by atoms with Crippen LogP contribution in [0, 0.1) is 18.8 Å². The lowest BCUT2D eigenvalue weighted by Crippen LogP contribution is -2.30. The fourth-order valence-electron chi connectivity index (χ4n) is 3.60. The van der Waals surface area contributed by atoms with Gasteiger partial charge in [0.25, 0.3) is 0 Å². The van der Waals surface area contributed by atoms with Crippen LogP contribution in [0.25, 0.3) is 0 Å². The van der Waals surface area contributed by atoms with E-state index in [4.69, 9.17) is 0 Å². The van der Waals surface area contributed by atoms with E-state index in [0.717, 1.165) is 24.4 Å². The second-order valence-corrected chi connectivity index (χ2v) is 6.20. The number of hydrogen-bond donors (Lipinski definition) is 1. The maximum Gasteiger partial charge on any atom is 0.0233 e. The van der Waals surface area contributed by atoms with E-state index in [2.05, 4.69) is 48.5 Å². The Morgan fingerprint density at radius 2 is 1.72 bits per heavy atom. The molecule has 1 aromatic rings. The van der Waals surface area contributed by atoms with E-state index in [0.29, 0.717) is 0 Å². The van der Waals surface area contributed by atoms with Crippen molar-refractivity contribution in [1.29, 1.82) is 0 Å². The Morgan fingerprint density at radius 1 is 1.11 bits per heavy atom. The van der Waals surface area contributed by atoms with Gasteiger partial charge in [-0.3, -0.25) is 4.90 Å². The van der Waals surface area contributed by atoms with E-state index in [-0.39, 0.29) is 0 Å². The second-order valence-electron chi connectivity index (χ2n) is 6.20. The summed E-state index contributed by atoms with van der Waals surface area (Å²) in [6.45, 7) is 5.75. The minimum atomic E-state index is 0.795. The van der Waals surface area contributed by atoms with Crippen LogP contribution in [-0.2, 0) is 6.54 Å². The second kappa shape index (κ2) is 5.02. The highest BCUT2D eigenvalue weighted by Crippen LogP contribution is 2.36. The first-order chi connectivity index (χ1) is 8.72. The smallest absolute Gasteiger partial charge is 0.0233 e. The van der Waals surface area contributed by atoms with Crippen LogP contribution in [0.4, 0.5) is 0 Å². The molecule has 0 amide bonds. The fourth-order valence-corrected chi connectivity index (χ4v) is 3.60. The van der Waals surface area contributed by atoms with Crippen LogP contribution in [0.15, 0.2) is 24.3 Å². The molecule has 1 aliphatic heterocycles. The van der Waals surface area contributed by atoms with E-state index in [1.165, 1.54) is 37.1 Å². The van der Waals surface area contributed by atoms with Crippen molar-refractivity contribution in [3.05, 3.63) is 35.4 Å². The van der Waals surface area contributed by atoms with Gasteiger partial charge in [0.1, 0.15) is 0 Å². The number of nitrogens with zero attached hydrogens (tertiary/aromatic N) is 1. The first kappa shape index (κ1) is 12.2. The summed E-state index contributed by atoms with van der Waals surface area (Å²) in [6, 6.07) is 9.77. The molecule has 2 fully saturated rings. The van der Waals surface area contributed by atoms with Crippen molar-refractivity contribution < 1.29 is 0 Å². The predicted octanol–water partition coefficient (Wildman–Crippen LogP) is 2.42. The lowest BCUT2D eigenvalue weighted by molar-refractivity contribution is 0.227. The summed E-state index contributed by atoms with van der Waals surface area (Å²) < 4.78 is 0. The number of nitrogens with one attached hydrogen (secondary N) is 1. The van der Waals surface area contributed by atoms with Crippen molar-refractivity contribution >= 4 is 0 Å². The highest BCUT2D eigenvalue weighted by molar-refractivity contribution is 5.21. The maximum absolute atomic E-state index is 3.52. The van der Waals surface area contributed by atoms with Gasteiger partial charge in [0.2, 0.25) is 0 Å². The molecule has 1 aliphatic carbocycles. The van der Waals surface area contributed by atoms with Crippen LogP contribution in [-0.4, -0.2) is 31.1 Å². The van der Waals surface area contributed by atoms with E-state index in [1.54, 1.807) is 0 Å². The molecule has 1 heterocycles. The Morgan fingerprint density at radius 3 is 2.33 bits per heavy atom. The van der Waals surface area contributed by atoms with Gasteiger partial charge in [-0.05, 0) is 57.3 Å².